The largest absolute Gasteiger partial charge is 0.474 e. The summed E-state index contributed by atoms with van der Waals surface area (Å²) in [5.74, 6) is 0. The van der Waals surface area contributed by atoms with Gasteiger partial charge >= 0.3 is 7.82 Å². The number of hydrogen-bond acceptors (Lipinski definition) is 6. The van der Waals surface area contributed by atoms with Gasteiger partial charge in [-0.05, 0) is 25.1 Å². The first-order valence-corrected chi connectivity index (χ1v) is 7.12. The topological polar surface area (TPSA) is 57.1 Å². The lowest BCUT2D eigenvalue weighted by Gasteiger charge is -2.16. The smallest absolute Gasteiger partial charge is 0.287 e. The fourth-order valence-electron chi connectivity index (χ4n) is 0.762. The summed E-state index contributed by atoms with van der Waals surface area (Å²) < 4.78 is 27.2. The van der Waals surface area contributed by atoms with Gasteiger partial charge in [-0.15, -0.1) is 0 Å². The molecule has 0 bridgehead atoms. The maximum atomic E-state index is 11.9. The number of aliphatic imine (C=N–C) groups is 1. The summed E-state index contributed by atoms with van der Waals surface area (Å²) in [5, 5.41) is 2.20. The van der Waals surface area contributed by atoms with E-state index in [0.29, 0.717) is 19.8 Å². The zero-order chi connectivity index (χ0) is 12.3. The highest BCUT2D eigenvalue weighted by atomic mass is 32.1. The molecule has 0 atom stereocenters. The van der Waals surface area contributed by atoms with Crippen molar-refractivity contribution in [2.45, 2.75) is 26.7 Å². The Kier molecular flexibility index (Phi) is 10.0. The van der Waals surface area contributed by atoms with Crippen molar-refractivity contribution in [3.8, 4) is 0 Å². The second-order valence-electron chi connectivity index (χ2n) is 2.92. The van der Waals surface area contributed by atoms with E-state index in [0.717, 1.165) is 12.8 Å². The number of hydrogen-bond donors (Lipinski definition) is 0. The predicted octanol–water partition coefficient (Wildman–Crippen LogP) is 3.07. The second-order valence-corrected chi connectivity index (χ2v) is 4.77. The third kappa shape index (κ3) is 8.11. The Labute approximate surface area is 102 Å². The number of phosphoric acid groups is 1. The van der Waals surface area contributed by atoms with Crippen LogP contribution in [0.3, 0.4) is 0 Å². The van der Waals surface area contributed by atoms with Crippen molar-refractivity contribution in [3.63, 3.8) is 0 Å². The summed E-state index contributed by atoms with van der Waals surface area (Å²) in [7, 11) is -3.41. The minimum Gasteiger partial charge on any atom is -0.287 e. The molecule has 0 fully saturated rings. The highest BCUT2D eigenvalue weighted by Crippen LogP contribution is 2.49. The predicted molar refractivity (Wildman–Crippen MR) is 65.9 cm³/mol. The quantitative estimate of drug-likeness (QED) is 0.263. The van der Waals surface area contributed by atoms with Gasteiger partial charge in [0.25, 0.3) is 0 Å². The van der Waals surface area contributed by atoms with Crippen LogP contribution in [0.2, 0.25) is 0 Å². The molecule has 0 rings (SSSR count). The van der Waals surface area contributed by atoms with Crippen molar-refractivity contribution in [2.75, 3.05) is 26.4 Å². The number of rotatable bonds is 10. The zero-order valence-corrected chi connectivity index (χ0v) is 11.4. The lowest BCUT2D eigenvalue weighted by Crippen LogP contribution is -2.04. The van der Waals surface area contributed by atoms with Crippen LogP contribution in [0.25, 0.3) is 0 Å². The van der Waals surface area contributed by atoms with Crippen LogP contribution in [-0.4, -0.2) is 31.5 Å². The number of nitrogens with zero attached hydrogens (tertiary/aromatic N) is 1. The monoisotopic (exact) mass is 267 g/mol. The molecule has 7 heteroatoms. The molecule has 0 unspecified atom stereocenters. The zero-order valence-electron chi connectivity index (χ0n) is 9.68. The van der Waals surface area contributed by atoms with Gasteiger partial charge in [-0.2, -0.15) is 0 Å². The first-order chi connectivity index (χ1) is 7.68. The van der Waals surface area contributed by atoms with E-state index in [1.807, 2.05) is 13.8 Å². The Bertz CT molecular complexity index is 256. The van der Waals surface area contributed by atoms with E-state index < -0.39 is 7.82 Å². The van der Waals surface area contributed by atoms with Crippen molar-refractivity contribution >= 4 is 25.2 Å². The van der Waals surface area contributed by atoms with E-state index in [-0.39, 0.29) is 6.61 Å². The number of thiocarbonyl (C=S) groups is 1. The molecule has 0 aliphatic heterocycles. The number of isothiocyanates is 1. The normalized spacial score (nSPS) is 11.1. The Morgan fingerprint density at radius 3 is 2.06 bits per heavy atom. The van der Waals surface area contributed by atoms with Crippen molar-refractivity contribution in [1.29, 1.82) is 0 Å². The number of phosphoric ester groups is 1. The van der Waals surface area contributed by atoms with Gasteiger partial charge in [-0.3, -0.25) is 13.6 Å². The van der Waals surface area contributed by atoms with E-state index in [1.165, 1.54) is 0 Å². The third-order valence-corrected chi connectivity index (χ3v) is 3.05. The van der Waals surface area contributed by atoms with E-state index >= 15 is 0 Å². The SMILES string of the molecule is CCCOP(=O)(OCCC)OCCN=C=S. The Hall–Kier alpha value is -0.0900. The molecule has 0 saturated heterocycles. The summed E-state index contributed by atoms with van der Waals surface area (Å²) in [6, 6.07) is 0. The van der Waals surface area contributed by atoms with Crippen LogP contribution in [0.4, 0.5) is 0 Å². The first-order valence-electron chi connectivity index (χ1n) is 5.25. The summed E-state index contributed by atoms with van der Waals surface area (Å²) in [4.78, 5) is 3.64. The molecule has 0 saturated carbocycles. The van der Waals surface area contributed by atoms with Crippen molar-refractivity contribution in [2.24, 2.45) is 4.99 Å². The maximum absolute atomic E-state index is 11.9. The van der Waals surface area contributed by atoms with Crippen LogP contribution in [0, 0.1) is 0 Å². The third-order valence-electron chi connectivity index (χ3n) is 1.42. The van der Waals surface area contributed by atoms with Gasteiger partial charge in [0.1, 0.15) is 0 Å². The van der Waals surface area contributed by atoms with Gasteiger partial charge in [0.05, 0.1) is 31.5 Å². The molecule has 0 aliphatic rings. The molecule has 0 aromatic carbocycles. The molecular weight excluding hydrogens is 249 g/mol. The molecule has 0 aromatic rings. The van der Waals surface area contributed by atoms with Crippen LogP contribution >= 0.6 is 20.0 Å². The molecule has 0 N–H and O–H groups in total. The van der Waals surface area contributed by atoms with Crippen molar-refractivity contribution in [1.82, 2.24) is 0 Å². The highest BCUT2D eigenvalue weighted by molar-refractivity contribution is 7.78. The van der Waals surface area contributed by atoms with E-state index in [9.17, 15) is 4.57 Å². The summed E-state index contributed by atoms with van der Waals surface area (Å²) in [6.45, 7) is 4.98. The summed E-state index contributed by atoms with van der Waals surface area (Å²) in [6.07, 6.45) is 1.50. The molecule has 0 radical (unpaired) electrons. The van der Waals surface area contributed by atoms with E-state index in [4.69, 9.17) is 13.6 Å². The molecular formula is C9H18NO4PS. The van der Waals surface area contributed by atoms with E-state index in [2.05, 4.69) is 22.4 Å². The Morgan fingerprint density at radius 1 is 1.12 bits per heavy atom. The van der Waals surface area contributed by atoms with Crippen LogP contribution in [0.5, 0.6) is 0 Å². The molecule has 94 valence electrons. The highest BCUT2D eigenvalue weighted by Gasteiger charge is 2.25. The van der Waals surface area contributed by atoms with Gasteiger partial charge in [-0.25, -0.2) is 9.56 Å². The molecule has 0 aliphatic carbocycles. The standard InChI is InChI=1S/C9H18NO4PS/c1-3-6-12-15(11,13-7-4-2)14-8-5-10-9-16/h3-8H2,1-2H3. The van der Waals surface area contributed by atoms with Crippen molar-refractivity contribution < 1.29 is 18.1 Å². The summed E-state index contributed by atoms with van der Waals surface area (Å²) >= 11 is 4.40. The summed E-state index contributed by atoms with van der Waals surface area (Å²) in [5.41, 5.74) is 0. The Balaban J connectivity index is 4.06. The van der Waals surface area contributed by atoms with Gasteiger partial charge in [0, 0.05) is 0 Å². The molecule has 16 heavy (non-hydrogen) atoms. The molecule has 5 nitrogen and oxygen atoms in total. The first kappa shape index (κ1) is 15.9. The molecule has 0 spiro atoms. The lowest BCUT2D eigenvalue weighted by molar-refractivity contribution is 0.115. The maximum Gasteiger partial charge on any atom is 0.474 e. The molecule has 0 heterocycles. The van der Waals surface area contributed by atoms with Gasteiger partial charge in [0.2, 0.25) is 0 Å². The van der Waals surface area contributed by atoms with Gasteiger partial charge in [0.15, 0.2) is 0 Å². The van der Waals surface area contributed by atoms with Crippen LogP contribution < -0.4 is 0 Å². The molecule has 0 amide bonds. The minimum atomic E-state index is -3.41. The van der Waals surface area contributed by atoms with Gasteiger partial charge in [-0.1, -0.05) is 13.8 Å². The van der Waals surface area contributed by atoms with Crippen molar-refractivity contribution in [3.05, 3.63) is 0 Å². The average molecular weight is 267 g/mol. The fraction of sp³-hybridized carbons (Fsp3) is 0.889. The average Bonchev–Trinajstić information content (AvgIpc) is 2.30. The van der Waals surface area contributed by atoms with Gasteiger partial charge < -0.3 is 0 Å². The lowest BCUT2D eigenvalue weighted by atomic mass is 10.5. The van der Waals surface area contributed by atoms with Crippen LogP contribution in [-0.2, 0) is 18.1 Å². The van der Waals surface area contributed by atoms with Crippen LogP contribution in [0.15, 0.2) is 4.99 Å². The second kappa shape index (κ2) is 10.1. The fourth-order valence-corrected chi connectivity index (χ4v) is 2.19. The van der Waals surface area contributed by atoms with Crippen LogP contribution in [0.1, 0.15) is 26.7 Å². The molecule has 0 aromatic heterocycles. The minimum absolute atomic E-state index is 0.147. The van der Waals surface area contributed by atoms with E-state index in [1.54, 1.807) is 0 Å². The Morgan fingerprint density at radius 2 is 1.62 bits per heavy atom.